The fourth-order valence-corrected chi connectivity index (χ4v) is 1.65. The van der Waals surface area contributed by atoms with Crippen LogP contribution < -0.4 is 4.74 Å². The van der Waals surface area contributed by atoms with Crippen LogP contribution in [0.3, 0.4) is 0 Å². The number of aromatic nitrogens is 3. The van der Waals surface area contributed by atoms with Crippen LogP contribution in [0.4, 0.5) is 0 Å². The van der Waals surface area contributed by atoms with Gasteiger partial charge in [0.25, 0.3) is 0 Å². The SMILES string of the molecule is COc1ccc(COCC(O)Cn2cnnc2)cc1. The quantitative estimate of drug-likeness (QED) is 0.802. The zero-order chi connectivity index (χ0) is 13.5. The van der Waals surface area contributed by atoms with Crippen LogP contribution in [0, 0.1) is 0 Å². The molecule has 0 bridgehead atoms. The summed E-state index contributed by atoms with van der Waals surface area (Å²) in [5.74, 6) is 0.816. The maximum absolute atomic E-state index is 9.76. The summed E-state index contributed by atoms with van der Waals surface area (Å²) in [6.07, 6.45) is 2.55. The molecule has 0 fully saturated rings. The first kappa shape index (κ1) is 13.5. The van der Waals surface area contributed by atoms with Crippen LogP contribution in [0.15, 0.2) is 36.9 Å². The minimum absolute atomic E-state index is 0.268. The van der Waals surface area contributed by atoms with E-state index >= 15 is 0 Å². The molecule has 0 aliphatic carbocycles. The molecule has 2 rings (SSSR count). The number of hydrogen-bond donors (Lipinski definition) is 1. The standard InChI is InChI=1S/C13H17N3O3/c1-18-13-4-2-11(3-5-13)7-19-8-12(17)6-16-9-14-15-10-16/h2-5,9-10,12,17H,6-8H2,1H3. The van der Waals surface area contributed by atoms with Crippen LogP contribution >= 0.6 is 0 Å². The molecule has 0 aliphatic heterocycles. The molecule has 2 aromatic rings. The molecular weight excluding hydrogens is 246 g/mol. The zero-order valence-corrected chi connectivity index (χ0v) is 10.8. The molecule has 1 unspecified atom stereocenters. The van der Waals surface area contributed by atoms with Gasteiger partial charge in [0.1, 0.15) is 18.4 Å². The molecule has 0 radical (unpaired) electrons. The Kier molecular flexibility index (Phi) is 4.88. The highest BCUT2D eigenvalue weighted by molar-refractivity contribution is 5.26. The van der Waals surface area contributed by atoms with E-state index in [4.69, 9.17) is 9.47 Å². The molecular formula is C13H17N3O3. The number of ether oxygens (including phenoxy) is 2. The molecule has 0 amide bonds. The van der Waals surface area contributed by atoms with Gasteiger partial charge in [0.2, 0.25) is 0 Å². The van der Waals surface area contributed by atoms with Gasteiger partial charge in [-0.05, 0) is 17.7 Å². The van der Waals surface area contributed by atoms with Crippen molar-refractivity contribution in [1.82, 2.24) is 14.8 Å². The van der Waals surface area contributed by atoms with E-state index in [0.717, 1.165) is 11.3 Å². The van der Waals surface area contributed by atoms with Gasteiger partial charge in [-0.25, -0.2) is 0 Å². The lowest BCUT2D eigenvalue weighted by molar-refractivity contribution is 0.0203. The number of aliphatic hydroxyl groups is 1. The predicted octanol–water partition coefficient (Wildman–Crippen LogP) is 0.864. The Balaban J connectivity index is 1.70. The minimum Gasteiger partial charge on any atom is -0.497 e. The highest BCUT2D eigenvalue weighted by Gasteiger charge is 2.05. The van der Waals surface area contributed by atoms with Crippen molar-refractivity contribution in [2.75, 3.05) is 13.7 Å². The molecule has 0 aliphatic rings. The lowest BCUT2D eigenvalue weighted by atomic mass is 10.2. The summed E-state index contributed by atoms with van der Waals surface area (Å²) < 4.78 is 12.2. The number of rotatable bonds is 7. The van der Waals surface area contributed by atoms with Crippen LogP contribution in [0.25, 0.3) is 0 Å². The second-order valence-electron chi connectivity index (χ2n) is 4.18. The van der Waals surface area contributed by atoms with E-state index in [1.807, 2.05) is 24.3 Å². The summed E-state index contributed by atoms with van der Waals surface area (Å²) >= 11 is 0. The van der Waals surface area contributed by atoms with Gasteiger partial charge < -0.3 is 19.1 Å². The molecule has 0 spiro atoms. The van der Waals surface area contributed by atoms with Gasteiger partial charge in [0.15, 0.2) is 0 Å². The summed E-state index contributed by atoms with van der Waals surface area (Å²) in [6.45, 7) is 1.16. The van der Waals surface area contributed by atoms with Crippen molar-refractivity contribution >= 4 is 0 Å². The molecule has 19 heavy (non-hydrogen) atoms. The Labute approximate surface area is 111 Å². The maximum Gasteiger partial charge on any atom is 0.119 e. The van der Waals surface area contributed by atoms with Crippen molar-refractivity contribution < 1.29 is 14.6 Å². The summed E-state index contributed by atoms with van der Waals surface area (Å²) in [5.41, 5.74) is 1.04. The van der Waals surface area contributed by atoms with Crippen molar-refractivity contribution in [3.8, 4) is 5.75 Å². The predicted molar refractivity (Wildman–Crippen MR) is 68.7 cm³/mol. The van der Waals surface area contributed by atoms with Gasteiger partial charge in [-0.1, -0.05) is 12.1 Å². The molecule has 1 aromatic carbocycles. The normalized spacial score (nSPS) is 12.3. The Hall–Kier alpha value is -1.92. The minimum atomic E-state index is -0.575. The first-order valence-corrected chi connectivity index (χ1v) is 5.99. The monoisotopic (exact) mass is 263 g/mol. The fourth-order valence-electron chi connectivity index (χ4n) is 1.65. The third kappa shape index (κ3) is 4.35. The zero-order valence-electron chi connectivity index (χ0n) is 10.8. The van der Waals surface area contributed by atoms with E-state index in [0.29, 0.717) is 13.2 Å². The fraction of sp³-hybridized carbons (Fsp3) is 0.385. The van der Waals surface area contributed by atoms with Crippen molar-refractivity contribution in [1.29, 1.82) is 0 Å². The van der Waals surface area contributed by atoms with Crippen molar-refractivity contribution in [2.24, 2.45) is 0 Å². The lowest BCUT2D eigenvalue weighted by Crippen LogP contribution is -2.21. The molecule has 1 aromatic heterocycles. The Bertz CT molecular complexity index is 470. The largest absolute Gasteiger partial charge is 0.497 e. The second kappa shape index (κ2) is 6.86. The summed E-state index contributed by atoms with van der Waals surface area (Å²) in [6, 6.07) is 7.63. The van der Waals surface area contributed by atoms with Crippen molar-refractivity contribution in [3.63, 3.8) is 0 Å². The van der Waals surface area contributed by atoms with Crippen LogP contribution in [-0.4, -0.2) is 39.7 Å². The van der Waals surface area contributed by atoms with E-state index in [1.165, 1.54) is 0 Å². The van der Waals surface area contributed by atoms with E-state index < -0.39 is 6.10 Å². The van der Waals surface area contributed by atoms with Crippen LogP contribution in [0.1, 0.15) is 5.56 Å². The highest BCUT2D eigenvalue weighted by Crippen LogP contribution is 2.12. The van der Waals surface area contributed by atoms with E-state index in [9.17, 15) is 5.11 Å². The van der Waals surface area contributed by atoms with Gasteiger partial charge in [-0.15, -0.1) is 10.2 Å². The van der Waals surface area contributed by atoms with Gasteiger partial charge in [0.05, 0.1) is 33.0 Å². The van der Waals surface area contributed by atoms with Crippen molar-refractivity contribution in [3.05, 3.63) is 42.5 Å². The van der Waals surface area contributed by atoms with Gasteiger partial charge in [-0.2, -0.15) is 0 Å². The smallest absolute Gasteiger partial charge is 0.119 e. The third-order valence-corrected chi connectivity index (χ3v) is 2.63. The molecule has 0 saturated heterocycles. The molecule has 1 atom stereocenters. The number of aliphatic hydroxyl groups excluding tert-OH is 1. The Morgan fingerprint density at radius 3 is 2.53 bits per heavy atom. The summed E-state index contributed by atoms with van der Waals surface area (Å²) in [4.78, 5) is 0. The molecule has 1 heterocycles. The number of benzene rings is 1. The molecule has 6 nitrogen and oxygen atoms in total. The maximum atomic E-state index is 9.76. The summed E-state index contributed by atoms with van der Waals surface area (Å²) in [5, 5.41) is 17.1. The topological polar surface area (TPSA) is 69.4 Å². The first-order chi connectivity index (χ1) is 9.28. The highest BCUT2D eigenvalue weighted by atomic mass is 16.5. The lowest BCUT2D eigenvalue weighted by Gasteiger charge is -2.11. The van der Waals surface area contributed by atoms with Gasteiger partial charge >= 0.3 is 0 Å². The van der Waals surface area contributed by atoms with E-state index in [1.54, 1.807) is 24.3 Å². The average molecular weight is 263 g/mol. The second-order valence-corrected chi connectivity index (χ2v) is 4.18. The van der Waals surface area contributed by atoms with Crippen LogP contribution in [0.5, 0.6) is 5.75 Å². The van der Waals surface area contributed by atoms with Gasteiger partial charge in [-0.3, -0.25) is 0 Å². The van der Waals surface area contributed by atoms with Crippen molar-refractivity contribution in [2.45, 2.75) is 19.3 Å². The molecule has 0 saturated carbocycles. The third-order valence-electron chi connectivity index (χ3n) is 2.63. The first-order valence-electron chi connectivity index (χ1n) is 5.99. The average Bonchev–Trinajstić information content (AvgIpc) is 2.92. The van der Waals surface area contributed by atoms with Crippen LogP contribution in [0.2, 0.25) is 0 Å². The number of hydrogen-bond acceptors (Lipinski definition) is 5. The molecule has 6 heteroatoms. The van der Waals surface area contributed by atoms with Gasteiger partial charge in [0, 0.05) is 0 Å². The van der Waals surface area contributed by atoms with E-state index in [-0.39, 0.29) is 6.61 Å². The molecule has 102 valence electrons. The summed E-state index contributed by atoms with van der Waals surface area (Å²) in [7, 11) is 1.63. The Morgan fingerprint density at radius 1 is 1.21 bits per heavy atom. The number of nitrogens with zero attached hydrogens (tertiary/aromatic N) is 3. The molecule has 1 N–H and O–H groups in total. The number of methoxy groups -OCH3 is 1. The Morgan fingerprint density at radius 2 is 1.89 bits per heavy atom. The van der Waals surface area contributed by atoms with E-state index in [2.05, 4.69) is 10.2 Å². The van der Waals surface area contributed by atoms with Crippen LogP contribution in [-0.2, 0) is 17.9 Å².